The number of aromatic nitrogens is 1. The lowest BCUT2D eigenvalue weighted by Gasteiger charge is -2.31. The standard InChI is InChI=1S/C14H23N5OS/c1-8(9-3-2-4-9)17-13(20)11-12(16)18-14(21-11)19-6-5-10(15)7-19/h8-10H,2-7,15-16H2,1H3,(H,17,20). The third-order valence-electron chi connectivity index (χ3n) is 4.56. The summed E-state index contributed by atoms with van der Waals surface area (Å²) < 4.78 is 0. The van der Waals surface area contributed by atoms with Crippen molar-refractivity contribution in [1.82, 2.24) is 10.3 Å². The Balaban J connectivity index is 1.67. The van der Waals surface area contributed by atoms with E-state index in [1.165, 1.54) is 30.6 Å². The van der Waals surface area contributed by atoms with E-state index in [2.05, 4.69) is 22.1 Å². The maximum absolute atomic E-state index is 12.3. The van der Waals surface area contributed by atoms with Crippen molar-refractivity contribution in [1.29, 1.82) is 0 Å². The zero-order valence-corrected chi connectivity index (χ0v) is 13.2. The quantitative estimate of drug-likeness (QED) is 0.776. The van der Waals surface area contributed by atoms with E-state index >= 15 is 0 Å². The molecule has 0 spiro atoms. The summed E-state index contributed by atoms with van der Waals surface area (Å²) in [6.07, 6.45) is 4.64. The Morgan fingerprint density at radius 1 is 1.48 bits per heavy atom. The molecular weight excluding hydrogens is 286 g/mol. The van der Waals surface area contributed by atoms with Gasteiger partial charge >= 0.3 is 0 Å². The first kappa shape index (κ1) is 14.6. The monoisotopic (exact) mass is 309 g/mol. The highest BCUT2D eigenvalue weighted by molar-refractivity contribution is 7.18. The van der Waals surface area contributed by atoms with Gasteiger partial charge in [-0.3, -0.25) is 4.79 Å². The van der Waals surface area contributed by atoms with E-state index in [9.17, 15) is 4.79 Å². The maximum Gasteiger partial charge on any atom is 0.265 e. The molecule has 2 fully saturated rings. The fourth-order valence-electron chi connectivity index (χ4n) is 2.91. The fraction of sp³-hybridized carbons (Fsp3) is 0.714. The van der Waals surface area contributed by atoms with Gasteiger partial charge in [-0.05, 0) is 32.1 Å². The van der Waals surface area contributed by atoms with Crippen LogP contribution < -0.4 is 21.7 Å². The van der Waals surface area contributed by atoms with E-state index < -0.39 is 0 Å². The number of nitrogens with two attached hydrogens (primary N) is 2. The molecule has 2 atom stereocenters. The lowest BCUT2D eigenvalue weighted by Crippen LogP contribution is -2.40. The number of nitrogen functional groups attached to an aromatic ring is 1. The zero-order chi connectivity index (χ0) is 15.0. The van der Waals surface area contributed by atoms with Crippen LogP contribution in [0.25, 0.3) is 0 Å². The number of thiazole rings is 1. The molecule has 1 aromatic heterocycles. The largest absolute Gasteiger partial charge is 0.382 e. The highest BCUT2D eigenvalue weighted by Gasteiger charge is 2.28. The van der Waals surface area contributed by atoms with Crippen molar-refractivity contribution in [2.75, 3.05) is 23.7 Å². The summed E-state index contributed by atoms with van der Waals surface area (Å²) in [5, 5.41) is 3.87. The van der Waals surface area contributed by atoms with Gasteiger partial charge in [0, 0.05) is 25.2 Å². The number of nitrogens with one attached hydrogen (secondary N) is 1. The van der Waals surface area contributed by atoms with Gasteiger partial charge < -0.3 is 21.7 Å². The molecule has 1 amide bonds. The minimum absolute atomic E-state index is 0.0980. The molecule has 0 aromatic carbocycles. The number of amides is 1. The normalized spacial score (nSPS) is 23.9. The van der Waals surface area contributed by atoms with Gasteiger partial charge in [0.2, 0.25) is 0 Å². The van der Waals surface area contributed by atoms with Gasteiger partial charge in [-0.25, -0.2) is 4.98 Å². The van der Waals surface area contributed by atoms with Crippen molar-refractivity contribution < 1.29 is 4.79 Å². The Kier molecular flexibility index (Phi) is 4.03. The number of nitrogens with zero attached hydrogens (tertiary/aromatic N) is 2. The average molecular weight is 309 g/mol. The molecule has 6 nitrogen and oxygen atoms in total. The molecule has 5 N–H and O–H groups in total. The summed E-state index contributed by atoms with van der Waals surface area (Å²) in [5.74, 6) is 0.840. The molecule has 2 unspecified atom stereocenters. The molecule has 1 saturated carbocycles. The Morgan fingerprint density at radius 2 is 2.24 bits per heavy atom. The van der Waals surface area contributed by atoms with E-state index in [1.54, 1.807) is 0 Å². The highest BCUT2D eigenvalue weighted by Crippen LogP contribution is 2.32. The number of hydrogen-bond donors (Lipinski definition) is 3. The molecule has 0 bridgehead atoms. The number of anilines is 2. The summed E-state index contributed by atoms with van der Waals surface area (Å²) >= 11 is 1.37. The first-order valence-corrected chi connectivity index (χ1v) is 8.44. The van der Waals surface area contributed by atoms with Crippen LogP contribution in [0.15, 0.2) is 0 Å². The number of rotatable bonds is 4. The number of hydrogen-bond acceptors (Lipinski definition) is 6. The van der Waals surface area contributed by atoms with Gasteiger partial charge in [-0.1, -0.05) is 17.8 Å². The van der Waals surface area contributed by atoms with Crippen molar-refractivity contribution in [2.24, 2.45) is 11.7 Å². The minimum atomic E-state index is -0.0980. The highest BCUT2D eigenvalue weighted by atomic mass is 32.1. The molecule has 1 aliphatic heterocycles. The van der Waals surface area contributed by atoms with Crippen molar-refractivity contribution in [3.8, 4) is 0 Å². The predicted molar refractivity (Wildman–Crippen MR) is 85.6 cm³/mol. The third-order valence-corrected chi connectivity index (χ3v) is 5.69. The molecule has 21 heavy (non-hydrogen) atoms. The second kappa shape index (κ2) is 5.81. The van der Waals surface area contributed by atoms with E-state index in [0.717, 1.165) is 24.6 Å². The Bertz CT molecular complexity index is 527. The number of carbonyl (C=O) groups is 1. The molecule has 1 saturated heterocycles. The van der Waals surface area contributed by atoms with E-state index in [-0.39, 0.29) is 18.0 Å². The van der Waals surface area contributed by atoms with Crippen LogP contribution in [-0.2, 0) is 0 Å². The summed E-state index contributed by atoms with van der Waals surface area (Å²) in [6.45, 7) is 3.74. The van der Waals surface area contributed by atoms with E-state index in [0.29, 0.717) is 16.6 Å². The minimum Gasteiger partial charge on any atom is -0.382 e. The first-order chi connectivity index (χ1) is 10.0. The van der Waals surface area contributed by atoms with Gasteiger partial charge in [0.25, 0.3) is 5.91 Å². The van der Waals surface area contributed by atoms with Gasteiger partial charge in [0.15, 0.2) is 5.13 Å². The van der Waals surface area contributed by atoms with Gasteiger partial charge in [0.1, 0.15) is 10.7 Å². The molecular formula is C14H23N5OS. The van der Waals surface area contributed by atoms with Crippen LogP contribution in [-0.4, -0.2) is 36.1 Å². The van der Waals surface area contributed by atoms with Crippen LogP contribution in [0.1, 0.15) is 42.3 Å². The van der Waals surface area contributed by atoms with Crippen LogP contribution in [0.5, 0.6) is 0 Å². The van der Waals surface area contributed by atoms with Gasteiger partial charge in [-0.2, -0.15) is 0 Å². The maximum atomic E-state index is 12.3. The van der Waals surface area contributed by atoms with Crippen LogP contribution >= 0.6 is 11.3 Å². The van der Waals surface area contributed by atoms with Crippen LogP contribution in [0.3, 0.4) is 0 Å². The van der Waals surface area contributed by atoms with Crippen molar-refractivity contribution in [2.45, 2.75) is 44.7 Å². The third kappa shape index (κ3) is 2.98. The SMILES string of the molecule is CC(NC(=O)c1sc(N2CCC(N)C2)nc1N)C1CCC1. The predicted octanol–water partition coefficient (Wildman–Crippen LogP) is 1.18. The first-order valence-electron chi connectivity index (χ1n) is 7.62. The number of carbonyl (C=O) groups excluding carboxylic acids is 1. The van der Waals surface area contributed by atoms with E-state index in [1.807, 2.05) is 0 Å². The summed E-state index contributed by atoms with van der Waals surface area (Å²) in [5.41, 5.74) is 11.8. The molecule has 1 aromatic rings. The molecule has 3 rings (SSSR count). The lowest BCUT2D eigenvalue weighted by atomic mass is 9.80. The van der Waals surface area contributed by atoms with Crippen molar-refractivity contribution in [3.63, 3.8) is 0 Å². The van der Waals surface area contributed by atoms with Gasteiger partial charge in [0.05, 0.1) is 0 Å². The molecule has 2 aliphatic rings. The summed E-state index contributed by atoms with van der Waals surface area (Å²) in [6, 6.07) is 0.391. The lowest BCUT2D eigenvalue weighted by molar-refractivity contribution is 0.0914. The molecule has 2 heterocycles. The Hall–Kier alpha value is -1.34. The molecule has 0 radical (unpaired) electrons. The Labute approximate surface area is 128 Å². The topological polar surface area (TPSA) is 97.3 Å². The van der Waals surface area contributed by atoms with Gasteiger partial charge in [-0.15, -0.1) is 0 Å². The molecule has 7 heteroatoms. The van der Waals surface area contributed by atoms with Crippen LogP contribution in [0, 0.1) is 5.92 Å². The van der Waals surface area contributed by atoms with E-state index in [4.69, 9.17) is 11.5 Å². The molecule has 116 valence electrons. The van der Waals surface area contributed by atoms with Crippen LogP contribution in [0.2, 0.25) is 0 Å². The van der Waals surface area contributed by atoms with Crippen LogP contribution in [0.4, 0.5) is 10.9 Å². The molecule has 1 aliphatic carbocycles. The van der Waals surface area contributed by atoms with Crippen molar-refractivity contribution in [3.05, 3.63) is 4.88 Å². The zero-order valence-electron chi connectivity index (χ0n) is 12.3. The Morgan fingerprint density at radius 3 is 2.81 bits per heavy atom. The summed E-state index contributed by atoms with van der Waals surface area (Å²) in [7, 11) is 0. The van der Waals surface area contributed by atoms with Crippen molar-refractivity contribution >= 4 is 28.2 Å². The fourth-order valence-corrected chi connectivity index (χ4v) is 3.83. The average Bonchev–Trinajstić information content (AvgIpc) is 2.93. The second-order valence-corrected chi connectivity index (χ2v) is 7.14. The smallest absolute Gasteiger partial charge is 0.265 e. The summed E-state index contributed by atoms with van der Waals surface area (Å²) in [4.78, 5) is 19.3. The second-order valence-electron chi connectivity index (χ2n) is 6.16.